The van der Waals surface area contributed by atoms with E-state index in [0.717, 1.165) is 22.2 Å². The molecule has 1 aromatic heterocycles. The Bertz CT molecular complexity index is 809. The highest BCUT2D eigenvalue weighted by molar-refractivity contribution is 5.80. The van der Waals surface area contributed by atoms with Crippen LogP contribution < -0.4 is 4.74 Å². The van der Waals surface area contributed by atoms with E-state index < -0.39 is 6.29 Å². The van der Waals surface area contributed by atoms with Gasteiger partial charge >= 0.3 is 0 Å². The van der Waals surface area contributed by atoms with E-state index in [4.69, 9.17) is 4.74 Å². The average Bonchev–Trinajstić information content (AvgIpc) is 2.52. The Balaban J connectivity index is 1.83. The number of aliphatic hydroxyl groups excluding tert-OH is 1. The molecule has 2 aromatic carbocycles. The molecule has 0 bridgehead atoms. The average molecular weight is 291 g/mol. The Labute approximate surface area is 129 Å². The molecule has 0 amide bonds. The van der Waals surface area contributed by atoms with Crippen molar-refractivity contribution in [2.75, 3.05) is 0 Å². The minimum absolute atomic E-state index is 0.642. The molecule has 0 fully saturated rings. The summed E-state index contributed by atoms with van der Waals surface area (Å²) >= 11 is 0. The van der Waals surface area contributed by atoms with Gasteiger partial charge in [0.2, 0.25) is 0 Å². The number of aromatic nitrogens is 1. The van der Waals surface area contributed by atoms with Crippen molar-refractivity contribution in [1.82, 2.24) is 4.98 Å². The summed E-state index contributed by atoms with van der Waals surface area (Å²) in [4.78, 5) is 4.60. The smallest absolute Gasteiger partial charge is 0.194 e. The molecule has 3 heteroatoms. The number of para-hydroxylation sites is 1. The number of aliphatic hydroxyl groups is 1. The third-order valence-corrected chi connectivity index (χ3v) is 3.23. The zero-order chi connectivity index (χ0) is 15.4. The quantitative estimate of drug-likeness (QED) is 0.735. The molecule has 0 aliphatic heterocycles. The summed E-state index contributed by atoms with van der Waals surface area (Å²) in [7, 11) is 0. The largest absolute Gasteiger partial charge is 0.465 e. The first kappa shape index (κ1) is 14.3. The van der Waals surface area contributed by atoms with Crippen molar-refractivity contribution >= 4 is 23.1 Å². The van der Waals surface area contributed by atoms with Gasteiger partial charge in [0.15, 0.2) is 6.29 Å². The van der Waals surface area contributed by atoms with Gasteiger partial charge in [0.05, 0.1) is 11.2 Å². The molecule has 22 heavy (non-hydrogen) atoms. The minimum Gasteiger partial charge on any atom is -0.465 e. The predicted molar refractivity (Wildman–Crippen MR) is 89.4 cm³/mol. The lowest BCUT2D eigenvalue weighted by Gasteiger charge is -2.08. The molecular weight excluding hydrogens is 274 g/mol. The van der Waals surface area contributed by atoms with Crippen LogP contribution in [0.1, 0.15) is 18.2 Å². The highest BCUT2D eigenvalue weighted by Crippen LogP contribution is 2.17. The second-order valence-corrected chi connectivity index (χ2v) is 5.05. The van der Waals surface area contributed by atoms with E-state index in [1.807, 2.05) is 66.7 Å². The monoisotopic (exact) mass is 291 g/mol. The van der Waals surface area contributed by atoms with Gasteiger partial charge in [0.25, 0.3) is 0 Å². The number of hydrogen-bond acceptors (Lipinski definition) is 3. The SMILES string of the molecule is CC(O)Oc1cccc(C=Cc2ccc3ccccc3n2)c1. The zero-order valence-corrected chi connectivity index (χ0v) is 12.3. The van der Waals surface area contributed by atoms with Crippen LogP contribution in [0.25, 0.3) is 23.1 Å². The van der Waals surface area contributed by atoms with Crippen LogP contribution in [0.2, 0.25) is 0 Å². The molecule has 0 saturated carbocycles. The van der Waals surface area contributed by atoms with Crippen LogP contribution in [-0.2, 0) is 0 Å². The maximum absolute atomic E-state index is 9.25. The van der Waals surface area contributed by atoms with Crippen LogP contribution in [-0.4, -0.2) is 16.4 Å². The van der Waals surface area contributed by atoms with Gasteiger partial charge in [-0.2, -0.15) is 0 Å². The van der Waals surface area contributed by atoms with Crippen molar-refractivity contribution in [2.45, 2.75) is 13.2 Å². The van der Waals surface area contributed by atoms with Gasteiger partial charge in [0.1, 0.15) is 5.75 Å². The number of nitrogens with zero attached hydrogens (tertiary/aromatic N) is 1. The number of fused-ring (bicyclic) bond motifs is 1. The van der Waals surface area contributed by atoms with Crippen LogP contribution in [0.15, 0.2) is 60.7 Å². The minimum atomic E-state index is -0.818. The Hall–Kier alpha value is -2.65. The van der Waals surface area contributed by atoms with E-state index in [2.05, 4.69) is 11.1 Å². The molecule has 1 N–H and O–H groups in total. The number of rotatable bonds is 4. The Morgan fingerprint density at radius 2 is 1.86 bits per heavy atom. The normalized spacial score (nSPS) is 12.6. The van der Waals surface area contributed by atoms with Crippen LogP contribution >= 0.6 is 0 Å². The molecule has 0 aliphatic rings. The summed E-state index contributed by atoms with van der Waals surface area (Å²) in [6.07, 6.45) is 3.13. The van der Waals surface area contributed by atoms with E-state index in [9.17, 15) is 5.11 Å². The second-order valence-electron chi connectivity index (χ2n) is 5.05. The van der Waals surface area contributed by atoms with Crippen molar-refractivity contribution < 1.29 is 9.84 Å². The molecule has 0 radical (unpaired) electrons. The number of pyridine rings is 1. The summed E-state index contributed by atoms with van der Waals surface area (Å²) in [5, 5.41) is 10.4. The fraction of sp³-hybridized carbons (Fsp3) is 0.105. The van der Waals surface area contributed by atoms with Crippen LogP contribution in [0.3, 0.4) is 0 Å². The van der Waals surface area contributed by atoms with E-state index in [1.54, 1.807) is 6.92 Å². The first-order valence-corrected chi connectivity index (χ1v) is 7.19. The third kappa shape index (κ3) is 3.51. The van der Waals surface area contributed by atoms with E-state index in [0.29, 0.717) is 5.75 Å². The van der Waals surface area contributed by atoms with Crippen molar-refractivity contribution in [3.8, 4) is 5.75 Å². The fourth-order valence-electron chi connectivity index (χ4n) is 2.24. The van der Waals surface area contributed by atoms with Crippen LogP contribution in [0, 0.1) is 0 Å². The van der Waals surface area contributed by atoms with Gasteiger partial charge in [-0.1, -0.05) is 42.5 Å². The molecule has 0 saturated heterocycles. The molecule has 0 spiro atoms. The zero-order valence-electron chi connectivity index (χ0n) is 12.3. The predicted octanol–water partition coefficient (Wildman–Crippen LogP) is 4.12. The highest BCUT2D eigenvalue weighted by Gasteiger charge is 1.99. The lowest BCUT2D eigenvalue weighted by Crippen LogP contribution is -2.09. The summed E-state index contributed by atoms with van der Waals surface area (Å²) in [6.45, 7) is 1.58. The van der Waals surface area contributed by atoms with Gasteiger partial charge in [-0.25, -0.2) is 4.98 Å². The first-order chi connectivity index (χ1) is 10.7. The van der Waals surface area contributed by atoms with Gasteiger partial charge in [-0.05, 0) is 42.8 Å². The lowest BCUT2D eigenvalue weighted by atomic mass is 10.1. The van der Waals surface area contributed by atoms with E-state index >= 15 is 0 Å². The molecule has 1 unspecified atom stereocenters. The van der Waals surface area contributed by atoms with Gasteiger partial charge in [0, 0.05) is 5.39 Å². The molecular formula is C19H17NO2. The number of hydrogen-bond donors (Lipinski definition) is 1. The molecule has 1 heterocycles. The van der Waals surface area contributed by atoms with Crippen molar-refractivity contribution in [2.24, 2.45) is 0 Å². The Kier molecular flexibility index (Phi) is 4.17. The third-order valence-electron chi connectivity index (χ3n) is 3.23. The molecule has 1 atom stereocenters. The standard InChI is InChI=1S/C19H17NO2/c1-14(21)22-18-7-4-5-15(13-18)9-11-17-12-10-16-6-2-3-8-19(16)20-17/h2-14,21H,1H3. The number of ether oxygens (including phenoxy) is 1. The number of benzene rings is 2. The maximum atomic E-state index is 9.25. The Morgan fingerprint density at radius 3 is 2.73 bits per heavy atom. The first-order valence-electron chi connectivity index (χ1n) is 7.19. The van der Waals surface area contributed by atoms with Crippen molar-refractivity contribution in [3.63, 3.8) is 0 Å². The molecule has 3 rings (SSSR count). The molecule has 0 aliphatic carbocycles. The second kappa shape index (κ2) is 6.41. The van der Waals surface area contributed by atoms with E-state index in [1.165, 1.54) is 0 Å². The summed E-state index contributed by atoms with van der Waals surface area (Å²) < 4.78 is 5.27. The maximum Gasteiger partial charge on any atom is 0.194 e. The summed E-state index contributed by atoms with van der Waals surface area (Å²) in [5.74, 6) is 0.642. The Morgan fingerprint density at radius 1 is 1.00 bits per heavy atom. The summed E-state index contributed by atoms with van der Waals surface area (Å²) in [6, 6.07) is 19.7. The van der Waals surface area contributed by atoms with Crippen LogP contribution in [0.5, 0.6) is 5.75 Å². The van der Waals surface area contributed by atoms with Crippen LogP contribution in [0.4, 0.5) is 0 Å². The summed E-state index contributed by atoms with van der Waals surface area (Å²) in [5.41, 5.74) is 2.88. The topological polar surface area (TPSA) is 42.4 Å². The van der Waals surface area contributed by atoms with Crippen molar-refractivity contribution in [3.05, 3.63) is 71.9 Å². The lowest BCUT2D eigenvalue weighted by molar-refractivity contribution is -0.000295. The van der Waals surface area contributed by atoms with Gasteiger partial charge < -0.3 is 9.84 Å². The molecule has 3 aromatic rings. The fourth-order valence-corrected chi connectivity index (χ4v) is 2.24. The van der Waals surface area contributed by atoms with Gasteiger partial charge in [-0.3, -0.25) is 0 Å². The molecule has 110 valence electrons. The molecule has 3 nitrogen and oxygen atoms in total. The highest BCUT2D eigenvalue weighted by atomic mass is 16.6. The van der Waals surface area contributed by atoms with Crippen molar-refractivity contribution in [1.29, 1.82) is 0 Å². The van der Waals surface area contributed by atoms with E-state index in [-0.39, 0.29) is 0 Å². The van der Waals surface area contributed by atoms with Gasteiger partial charge in [-0.15, -0.1) is 0 Å².